The van der Waals surface area contributed by atoms with Crippen molar-refractivity contribution in [3.05, 3.63) is 35.4 Å². The zero-order valence-corrected chi connectivity index (χ0v) is 9.16. The maximum atomic E-state index is 5.28. The molecule has 0 amide bonds. The van der Waals surface area contributed by atoms with E-state index in [4.69, 9.17) is 6.42 Å². The number of nitrogens with one attached hydrogen (secondary N) is 1. The van der Waals surface area contributed by atoms with E-state index in [0.717, 1.165) is 0 Å². The van der Waals surface area contributed by atoms with Gasteiger partial charge in [-0.05, 0) is 29.9 Å². The molecular formula is C14H17N. The summed E-state index contributed by atoms with van der Waals surface area (Å²) < 4.78 is 0. The van der Waals surface area contributed by atoms with Gasteiger partial charge in [-0.15, -0.1) is 6.42 Å². The van der Waals surface area contributed by atoms with Crippen LogP contribution < -0.4 is 5.32 Å². The fourth-order valence-electron chi connectivity index (χ4n) is 2.40. The van der Waals surface area contributed by atoms with Crippen LogP contribution in [0.15, 0.2) is 24.3 Å². The molecular weight excluding hydrogens is 182 g/mol. The second-order valence-electron chi connectivity index (χ2n) is 4.24. The molecule has 0 saturated heterocycles. The summed E-state index contributed by atoms with van der Waals surface area (Å²) in [5.74, 6) is 3.33. The summed E-state index contributed by atoms with van der Waals surface area (Å²) >= 11 is 0. The molecule has 1 aromatic rings. The summed E-state index contributed by atoms with van der Waals surface area (Å²) in [6, 6.07) is 9.15. The number of terminal acetylenes is 1. The molecule has 2 atom stereocenters. The average Bonchev–Trinajstić information content (AvgIpc) is 2.29. The molecule has 0 bridgehead atoms. The SMILES string of the molecule is C#CCNC1CCC(C)c2ccccc21. The molecule has 0 aromatic heterocycles. The van der Waals surface area contributed by atoms with Gasteiger partial charge in [0.05, 0.1) is 6.54 Å². The maximum Gasteiger partial charge on any atom is 0.0578 e. The zero-order chi connectivity index (χ0) is 10.7. The highest BCUT2D eigenvalue weighted by Gasteiger charge is 2.23. The van der Waals surface area contributed by atoms with Crippen LogP contribution in [0.4, 0.5) is 0 Å². The predicted molar refractivity (Wildman–Crippen MR) is 63.7 cm³/mol. The van der Waals surface area contributed by atoms with Gasteiger partial charge in [-0.25, -0.2) is 0 Å². The molecule has 15 heavy (non-hydrogen) atoms. The number of hydrogen-bond acceptors (Lipinski definition) is 1. The molecule has 1 heteroatoms. The predicted octanol–water partition coefficient (Wildman–Crippen LogP) is 2.85. The monoisotopic (exact) mass is 199 g/mol. The van der Waals surface area contributed by atoms with Crippen molar-refractivity contribution in [1.82, 2.24) is 5.32 Å². The van der Waals surface area contributed by atoms with E-state index in [1.54, 1.807) is 0 Å². The van der Waals surface area contributed by atoms with Crippen LogP contribution in [0.3, 0.4) is 0 Å². The van der Waals surface area contributed by atoms with Crippen LogP contribution in [0.1, 0.15) is 42.9 Å². The second kappa shape index (κ2) is 4.51. The van der Waals surface area contributed by atoms with Gasteiger partial charge in [-0.3, -0.25) is 5.32 Å². The van der Waals surface area contributed by atoms with E-state index in [9.17, 15) is 0 Å². The summed E-state index contributed by atoms with van der Waals surface area (Å²) in [4.78, 5) is 0. The maximum absolute atomic E-state index is 5.28. The molecule has 1 aliphatic carbocycles. The Kier molecular flexibility index (Phi) is 3.08. The van der Waals surface area contributed by atoms with Crippen LogP contribution in [0.25, 0.3) is 0 Å². The van der Waals surface area contributed by atoms with Gasteiger partial charge in [0, 0.05) is 6.04 Å². The molecule has 2 rings (SSSR count). The van der Waals surface area contributed by atoms with Gasteiger partial charge in [-0.1, -0.05) is 37.1 Å². The molecule has 1 N–H and O–H groups in total. The van der Waals surface area contributed by atoms with Crippen LogP contribution in [0.2, 0.25) is 0 Å². The summed E-state index contributed by atoms with van der Waals surface area (Å²) in [6.45, 7) is 2.96. The van der Waals surface area contributed by atoms with E-state index in [0.29, 0.717) is 18.5 Å². The molecule has 0 saturated carbocycles. The van der Waals surface area contributed by atoms with Crippen LogP contribution in [-0.2, 0) is 0 Å². The molecule has 0 radical (unpaired) electrons. The number of fused-ring (bicyclic) bond motifs is 1. The summed E-state index contributed by atoms with van der Waals surface area (Å²) in [5, 5.41) is 3.41. The Labute approximate surface area is 91.9 Å². The molecule has 0 spiro atoms. The molecule has 2 unspecified atom stereocenters. The molecule has 1 nitrogen and oxygen atoms in total. The van der Waals surface area contributed by atoms with Crippen molar-refractivity contribution in [2.75, 3.05) is 6.54 Å². The van der Waals surface area contributed by atoms with Crippen LogP contribution in [0, 0.1) is 12.3 Å². The third-order valence-electron chi connectivity index (χ3n) is 3.24. The lowest BCUT2D eigenvalue weighted by Gasteiger charge is -2.30. The molecule has 1 aromatic carbocycles. The van der Waals surface area contributed by atoms with E-state index in [-0.39, 0.29) is 0 Å². The van der Waals surface area contributed by atoms with Crippen molar-refractivity contribution in [2.24, 2.45) is 0 Å². The molecule has 0 heterocycles. The smallest absolute Gasteiger partial charge is 0.0578 e. The van der Waals surface area contributed by atoms with Crippen molar-refractivity contribution in [2.45, 2.75) is 31.7 Å². The van der Waals surface area contributed by atoms with E-state index >= 15 is 0 Å². The first kappa shape index (κ1) is 10.3. The lowest BCUT2D eigenvalue weighted by atomic mass is 9.81. The summed E-state index contributed by atoms with van der Waals surface area (Å²) in [6.07, 6.45) is 7.72. The van der Waals surface area contributed by atoms with Crippen molar-refractivity contribution in [3.63, 3.8) is 0 Å². The highest BCUT2D eigenvalue weighted by molar-refractivity contribution is 5.35. The first-order valence-corrected chi connectivity index (χ1v) is 5.58. The van der Waals surface area contributed by atoms with Gasteiger partial charge >= 0.3 is 0 Å². The molecule has 1 aliphatic rings. The molecule has 78 valence electrons. The van der Waals surface area contributed by atoms with E-state index < -0.39 is 0 Å². The second-order valence-corrected chi connectivity index (χ2v) is 4.24. The Bertz CT molecular complexity index is 375. The minimum Gasteiger partial charge on any atom is -0.299 e. The zero-order valence-electron chi connectivity index (χ0n) is 9.16. The van der Waals surface area contributed by atoms with Gasteiger partial charge in [0.15, 0.2) is 0 Å². The first-order valence-electron chi connectivity index (χ1n) is 5.58. The molecule has 0 aliphatic heterocycles. The Morgan fingerprint density at radius 3 is 2.80 bits per heavy atom. The standard InChI is InChI=1S/C14H17N/c1-3-10-15-14-9-8-11(2)12-6-4-5-7-13(12)14/h1,4-7,11,14-15H,8-10H2,2H3. The number of hydrogen-bond donors (Lipinski definition) is 1. The quantitative estimate of drug-likeness (QED) is 0.722. The largest absolute Gasteiger partial charge is 0.299 e. The van der Waals surface area contributed by atoms with Crippen molar-refractivity contribution in [3.8, 4) is 12.3 Å². The van der Waals surface area contributed by atoms with Crippen molar-refractivity contribution >= 4 is 0 Å². The number of benzene rings is 1. The normalized spacial score (nSPS) is 24.3. The fraction of sp³-hybridized carbons (Fsp3) is 0.429. The molecule has 0 fully saturated rings. The Morgan fingerprint density at radius 2 is 2.07 bits per heavy atom. The van der Waals surface area contributed by atoms with E-state index in [1.165, 1.54) is 24.0 Å². The highest BCUT2D eigenvalue weighted by Crippen LogP contribution is 2.36. The minimum atomic E-state index is 0.452. The van der Waals surface area contributed by atoms with Gasteiger partial charge in [0.1, 0.15) is 0 Å². The minimum absolute atomic E-state index is 0.452. The van der Waals surface area contributed by atoms with E-state index in [2.05, 4.69) is 42.4 Å². The van der Waals surface area contributed by atoms with Crippen LogP contribution >= 0.6 is 0 Å². The van der Waals surface area contributed by atoms with Crippen LogP contribution in [-0.4, -0.2) is 6.54 Å². The fourth-order valence-corrected chi connectivity index (χ4v) is 2.40. The van der Waals surface area contributed by atoms with Crippen molar-refractivity contribution in [1.29, 1.82) is 0 Å². The Balaban J connectivity index is 2.25. The van der Waals surface area contributed by atoms with Crippen LogP contribution in [0.5, 0.6) is 0 Å². The lowest BCUT2D eigenvalue weighted by Crippen LogP contribution is -2.26. The highest BCUT2D eigenvalue weighted by atomic mass is 14.9. The van der Waals surface area contributed by atoms with E-state index in [1.807, 2.05) is 0 Å². The summed E-state index contributed by atoms with van der Waals surface area (Å²) in [7, 11) is 0. The third kappa shape index (κ3) is 2.06. The van der Waals surface area contributed by atoms with Crippen molar-refractivity contribution < 1.29 is 0 Å². The average molecular weight is 199 g/mol. The van der Waals surface area contributed by atoms with Gasteiger partial charge < -0.3 is 0 Å². The Hall–Kier alpha value is -1.26. The third-order valence-corrected chi connectivity index (χ3v) is 3.24. The van der Waals surface area contributed by atoms with Gasteiger partial charge in [0.2, 0.25) is 0 Å². The number of rotatable bonds is 2. The Morgan fingerprint density at radius 1 is 1.33 bits per heavy atom. The summed E-state index contributed by atoms with van der Waals surface area (Å²) in [5.41, 5.74) is 2.92. The first-order chi connectivity index (χ1) is 7.33. The van der Waals surface area contributed by atoms with Gasteiger partial charge in [0.25, 0.3) is 0 Å². The topological polar surface area (TPSA) is 12.0 Å². The lowest BCUT2D eigenvalue weighted by molar-refractivity contribution is 0.450. The van der Waals surface area contributed by atoms with Gasteiger partial charge in [-0.2, -0.15) is 0 Å².